The highest BCUT2D eigenvalue weighted by Crippen LogP contribution is 1.97. The first-order valence-corrected chi connectivity index (χ1v) is 2.79. The van der Waals surface area contributed by atoms with Crippen LogP contribution >= 0.6 is 0 Å². The molecule has 1 heterocycles. The average Bonchev–Trinajstić information content (AvgIpc) is 2.37. The zero-order valence-corrected chi connectivity index (χ0v) is 5.23. The lowest BCUT2D eigenvalue weighted by Crippen LogP contribution is -2.09. The Hall–Kier alpha value is -0.900. The Morgan fingerprint density at radius 2 is 2.56 bits per heavy atom. The fourth-order valence-electron chi connectivity index (χ4n) is 0.529. The second-order valence-corrected chi connectivity index (χ2v) is 1.91. The molecule has 9 heavy (non-hydrogen) atoms. The smallest absolute Gasteiger partial charge is 0.137 e. The van der Waals surface area contributed by atoms with Crippen molar-refractivity contribution in [2.75, 3.05) is 6.61 Å². The van der Waals surface area contributed by atoms with Gasteiger partial charge in [0, 0.05) is 0 Å². The van der Waals surface area contributed by atoms with Crippen molar-refractivity contribution >= 4 is 0 Å². The molecule has 1 unspecified atom stereocenters. The zero-order chi connectivity index (χ0) is 6.69. The average molecular weight is 127 g/mol. The summed E-state index contributed by atoms with van der Waals surface area (Å²) in [5.74, 6) is 0. The minimum Gasteiger partial charge on any atom is -0.394 e. The SMILES string of the molecule is CC(CO)n1cncn1. The molecule has 0 aliphatic carbocycles. The molecular weight excluding hydrogens is 118 g/mol. The number of hydrogen-bond acceptors (Lipinski definition) is 3. The Labute approximate surface area is 53.1 Å². The lowest BCUT2D eigenvalue weighted by atomic mass is 10.4. The van der Waals surface area contributed by atoms with Crippen LogP contribution in [-0.4, -0.2) is 26.5 Å². The predicted octanol–water partition coefficient (Wildman–Crippen LogP) is -0.169. The number of aromatic nitrogens is 3. The lowest BCUT2D eigenvalue weighted by molar-refractivity contribution is 0.229. The van der Waals surface area contributed by atoms with Gasteiger partial charge < -0.3 is 5.11 Å². The van der Waals surface area contributed by atoms with E-state index in [0.29, 0.717) is 0 Å². The normalized spacial score (nSPS) is 13.6. The van der Waals surface area contributed by atoms with Gasteiger partial charge in [-0.2, -0.15) is 5.10 Å². The Balaban J connectivity index is 2.65. The number of nitrogens with zero attached hydrogens (tertiary/aromatic N) is 3. The highest BCUT2D eigenvalue weighted by atomic mass is 16.3. The van der Waals surface area contributed by atoms with Crippen molar-refractivity contribution in [2.45, 2.75) is 13.0 Å². The van der Waals surface area contributed by atoms with Crippen LogP contribution in [0.4, 0.5) is 0 Å². The fourth-order valence-corrected chi connectivity index (χ4v) is 0.529. The van der Waals surface area contributed by atoms with E-state index in [1.807, 2.05) is 6.92 Å². The summed E-state index contributed by atoms with van der Waals surface area (Å²) in [4.78, 5) is 3.73. The van der Waals surface area contributed by atoms with E-state index in [0.717, 1.165) is 0 Å². The Bertz CT molecular complexity index is 161. The van der Waals surface area contributed by atoms with Crippen molar-refractivity contribution in [3.63, 3.8) is 0 Å². The lowest BCUT2D eigenvalue weighted by Gasteiger charge is -2.04. The van der Waals surface area contributed by atoms with Crippen LogP contribution in [0.5, 0.6) is 0 Å². The van der Waals surface area contributed by atoms with E-state index in [4.69, 9.17) is 5.11 Å². The maximum atomic E-state index is 8.62. The first kappa shape index (κ1) is 6.22. The minimum atomic E-state index is 0.0347. The molecule has 0 bridgehead atoms. The minimum absolute atomic E-state index is 0.0347. The number of rotatable bonds is 2. The van der Waals surface area contributed by atoms with Gasteiger partial charge in [0.05, 0.1) is 12.6 Å². The predicted molar refractivity (Wildman–Crippen MR) is 31.8 cm³/mol. The van der Waals surface area contributed by atoms with Crippen LogP contribution in [0.2, 0.25) is 0 Å². The van der Waals surface area contributed by atoms with E-state index < -0.39 is 0 Å². The molecule has 1 aromatic heterocycles. The molecule has 50 valence electrons. The van der Waals surface area contributed by atoms with Gasteiger partial charge >= 0.3 is 0 Å². The van der Waals surface area contributed by atoms with Crippen molar-refractivity contribution in [3.8, 4) is 0 Å². The van der Waals surface area contributed by atoms with E-state index in [-0.39, 0.29) is 12.6 Å². The molecule has 0 radical (unpaired) electrons. The molecule has 0 saturated heterocycles. The largest absolute Gasteiger partial charge is 0.394 e. The van der Waals surface area contributed by atoms with Gasteiger partial charge in [-0.15, -0.1) is 0 Å². The number of hydrogen-bond donors (Lipinski definition) is 1. The summed E-state index contributed by atoms with van der Waals surface area (Å²) in [7, 11) is 0. The summed E-state index contributed by atoms with van der Waals surface area (Å²) >= 11 is 0. The highest BCUT2D eigenvalue weighted by Gasteiger charge is 1.99. The van der Waals surface area contributed by atoms with E-state index in [1.165, 1.54) is 6.33 Å². The second-order valence-electron chi connectivity index (χ2n) is 1.91. The molecule has 0 aliphatic heterocycles. The quantitative estimate of drug-likeness (QED) is 0.600. The van der Waals surface area contributed by atoms with Crippen LogP contribution in [0, 0.1) is 0 Å². The molecule has 0 spiro atoms. The van der Waals surface area contributed by atoms with Gasteiger partial charge in [0.25, 0.3) is 0 Å². The molecule has 0 saturated carbocycles. The maximum Gasteiger partial charge on any atom is 0.137 e. The van der Waals surface area contributed by atoms with Crippen LogP contribution < -0.4 is 0 Å². The third kappa shape index (κ3) is 1.26. The van der Waals surface area contributed by atoms with Crippen LogP contribution in [0.25, 0.3) is 0 Å². The molecule has 1 aromatic rings. The summed E-state index contributed by atoms with van der Waals surface area (Å²) in [6.45, 7) is 1.97. The van der Waals surface area contributed by atoms with E-state index in [2.05, 4.69) is 10.1 Å². The molecule has 0 fully saturated rings. The first-order valence-electron chi connectivity index (χ1n) is 2.79. The van der Waals surface area contributed by atoms with Gasteiger partial charge in [-0.05, 0) is 6.92 Å². The van der Waals surface area contributed by atoms with Gasteiger partial charge in [0.1, 0.15) is 12.7 Å². The third-order valence-corrected chi connectivity index (χ3v) is 1.15. The standard InChI is InChI=1S/C5H9N3O/c1-5(2-9)8-4-6-3-7-8/h3-5,9H,2H2,1H3. The van der Waals surface area contributed by atoms with Gasteiger partial charge in [-0.3, -0.25) is 0 Å². The van der Waals surface area contributed by atoms with E-state index >= 15 is 0 Å². The van der Waals surface area contributed by atoms with Crippen LogP contribution in [-0.2, 0) is 0 Å². The summed E-state index contributed by atoms with van der Waals surface area (Å²) in [5, 5.41) is 12.5. The second kappa shape index (κ2) is 2.59. The Morgan fingerprint density at radius 1 is 1.78 bits per heavy atom. The van der Waals surface area contributed by atoms with Crippen LogP contribution in [0.15, 0.2) is 12.7 Å². The van der Waals surface area contributed by atoms with Gasteiger partial charge in [-0.1, -0.05) is 0 Å². The van der Waals surface area contributed by atoms with Crippen LogP contribution in [0.1, 0.15) is 13.0 Å². The van der Waals surface area contributed by atoms with Gasteiger partial charge in [0.2, 0.25) is 0 Å². The first-order chi connectivity index (χ1) is 4.34. The van der Waals surface area contributed by atoms with Crippen molar-refractivity contribution < 1.29 is 5.11 Å². The van der Waals surface area contributed by atoms with Gasteiger partial charge in [-0.25, -0.2) is 9.67 Å². The molecule has 0 amide bonds. The number of aliphatic hydroxyl groups is 1. The van der Waals surface area contributed by atoms with E-state index in [1.54, 1.807) is 11.0 Å². The van der Waals surface area contributed by atoms with Crippen molar-refractivity contribution in [1.82, 2.24) is 14.8 Å². The Kier molecular flexibility index (Phi) is 1.79. The zero-order valence-electron chi connectivity index (χ0n) is 5.23. The van der Waals surface area contributed by atoms with Crippen LogP contribution in [0.3, 0.4) is 0 Å². The third-order valence-electron chi connectivity index (χ3n) is 1.15. The molecule has 4 nitrogen and oxygen atoms in total. The van der Waals surface area contributed by atoms with E-state index in [9.17, 15) is 0 Å². The summed E-state index contributed by atoms with van der Waals surface area (Å²) in [5.41, 5.74) is 0. The fraction of sp³-hybridized carbons (Fsp3) is 0.600. The molecule has 4 heteroatoms. The monoisotopic (exact) mass is 127 g/mol. The summed E-state index contributed by atoms with van der Waals surface area (Å²) < 4.78 is 1.61. The summed E-state index contributed by atoms with van der Waals surface area (Å²) in [6.07, 6.45) is 3.03. The molecular formula is C5H9N3O. The maximum absolute atomic E-state index is 8.62. The summed E-state index contributed by atoms with van der Waals surface area (Å²) in [6, 6.07) is 0.0347. The highest BCUT2D eigenvalue weighted by molar-refractivity contribution is 4.62. The van der Waals surface area contributed by atoms with Crippen molar-refractivity contribution in [3.05, 3.63) is 12.7 Å². The van der Waals surface area contributed by atoms with Gasteiger partial charge in [0.15, 0.2) is 0 Å². The molecule has 1 N–H and O–H groups in total. The van der Waals surface area contributed by atoms with Crippen molar-refractivity contribution in [2.24, 2.45) is 0 Å². The molecule has 1 rings (SSSR count). The molecule has 0 aliphatic rings. The Morgan fingerprint density at radius 3 is 3.00 bits per heavy atom. The topological polar surface area (TPSA) is 50.9 Å². The number of aliphatic hydroxyl groups excluding tert-OH is 1. The molecule has 1 atom stereocenters. The molecule has 0 aromatic carbocycles. The van der Waals surface area contributed by atoms with Crippen molar-refractivity contribution in [1.29, 1.82) is 0 Å².